The molecule has 2 unspecified atom stereocenters. The summed E-state index contributed by atoms with van der Waals surface area (Å²) >= 11 is 0. The van der Waals surface area contributed by atoms with Crippen LogP contribution in [0.5, 0.6) is 0 Å². The number of aromatic nitrogens is 3. The molecule has 25 heavy (non-hydrogen) atoms. The first-order valence-electron chi connectivity index (χ1n) is 8.41. The molecule has 0 radical (unpaired) electrons. The Kier molecular flexibility index (Phi) is 5.21. The van der Waals surface area contributed by atoms with Gasteiger partial charge in [0.25, 0.3) is 0 Å². The molecule has 2 aromatic rings. The van der Waals surface area contributed by atoms with E-state index >= 15 is 0 Å². The van der Waals surface area contributed by atoms with Crippen LogP contribution in [0.1, 0.15) is 60.4 Å². The highest BCUT2D eigenvalue weighted by atomic mass is 19.1. The van der Waals surface area contributed by atoms with Gasteiger partial charge in [-0.2, -0.15) is 0 Å². The van der Waals surface area contributed by atoms with Crippen LogP contribution in [0.3, 0.4) is 0 Å². The van der Waals surface area contributed by atoms with Gasteiger partial charge in [0.2, 0.25) is 5.82 Å². The van der Waals surface area contributed by atoms with E-state index in [2.05, 4.69) is 10.1 Å². The van der Waals surface area contributed by atoms with Gasteiger partial charge in [0.15, 0.2) is 18.3 Å². The lowest BCUT2D eigenvalue weighted by Crippen LogP contribution is -2.07. The summed E-state index contributed by atoms with van der Waals surface area (Å²) in [5.74, 6) is 0.548. The fourth-order valence-corrected chi connectivity index (χ4v) is 2.78. The maximum atomic E-state index is 13.8. The highest BCUT2D eigenvalue weighted by Crippen LogP contribution is 2.38. The van der Waals surface area contributed by atoms with Crippen molar-refractivity contribution in [2.45, 2.75) is 38.4 Å². The second-order valence-corrected chi connectivity index (χ2v) is 6.05. The Morgan fingerprint density at radius 2 is 2.08 bits per heavy atom. The van der Waals surface area contributed by atoms with Crippen LogP contribution in [0.25, 0.3) is 0 Å². The zero-order valence-electron chi connectivity index (χ0n) is 14.0. The molecule has 7 heteroatoms. The number of halogens is 1. The van der Waals surface area contributed by atoms with Gasteiger partial charge in [-0.05, 0) is 25.3 Å². The molecular formula is C18H20FN3O3. The fraction of sp³-hybridized carbons (Fsp3) is 0.444. The molecule has 1 fully saturated rings. The highest BCUT2D eigenvalue weighted by Gasteiger charge is 2.35. The lowest BCUT2D eigenvalue weighted by molar-refractivity contribution is -0.144. The van der Waals surface area contributed by atoms with Crippen molar-refractivity contribution in [3.63, 3.8) is 0 Å². The zero-order valence-corrected chi connectivity index (χ0v) is 14.0. The van der Waals surface area contributed by atoms with Gasteiger partial charge < -0.3 is 4.74 Å². The van der Waals surface area contributed by atoms with Crippen LogP contribution in [-0.4, -0.2) is 33.6 Å². The van der Waals surface area contributed by atoms with Crippen molar-refractivity contribution in [1.29, 1.82) is 0 Å². The molecule has 0 saturated heterocycles. The van der Waals surface area contributed by atoms with Gasteiger partial charge in [0, 0.05) is 6.42 Å². The number of fused-ring (bicyclic) bond motifs is 1. The number of aldehydes is 1. The number of esters is 1. The minimum Gasteiger partial charge on any atom is -0.466 e. The summed E-state index contributed by atoms with van der Waals surface area (Å²) in [6.07, 6.45) is 1.80. The quantitative estimate of drug-likeness (QED) is 0.629. The van der Waals surface area contributed by atoms with E-state index in [1.54, 1.807) is 0 Å². The van der Waals surface area contributed by atoms with Crippen molar-refractivity contribution in [2.75, 3.05) is 6.61 Å². The molecule has 0 spiro atoms. The number of rotatable bonds is 4. The van der Waals surface area contributed by atoms with Gasteiger partial charge in [-0.25, -0.2) is 14.1 Å². The smallest absolute Gasteiger partial charge is 0.308 e. The number of hydrogen-bond donors (Lipinski definition) is 0. The summed E-state index contributed by atoms with van der Waals surface area (Å²) in [7, 11) is 0. The average molecular weight is 345 g/mol. The molecule has 2 aliphatic rings. The number of nitrogens with zero attached hydrogens (tertiary/aromatic N) is 3. The lowest BCUT2D eigenvalue weighted by atomic mass is 10.0. The third-order valence-electron chi connectivity index (χ3n) is 4.17. The summed E-state index contributed by atoms with van der Waals surface area (Å²) in [5, 5.41) is 4.01. The van der Waals surface area contributed by atoms with Gasteiger partial charge in [-0.1, -0.05) is 30.3 Å². The van der Waals surface area contributed by atoms with E-state index < -0.39 is 6.17 Å². The van der Waals surface area contributed by atoms with E-state index in [1.165, 1.54) is 4.68 Å². The van der Waals surface area contributed by atoms with E-state index in [0.717, 1.165) is 18.4 Å². The van der Waals surface area contributed by atoms with Crippen LogP contribution < -0.4 is 0 Å². The van der Waals surface area contributed by atoms with Crippen LogP contribution in [0.4, 0.5) is 4.39 Å². The Morgan fingerprint density at radius 3 is 2.68 bits per heavy atom. The Bertz CT molecular complexity index is 743. The third kappa shape index (κ3) is 3.92. The molecule has 0 amide bonds. The van der Waals surface area contributed by atoms with E-state index in [4.69, 9.17) is 4.74 Å². The molecule has 0 bridgehead atoms. The van der Waals surface area contributed by atoms with Crippen molar-refractivity contribution in [1.82, 2.24) is 14.8 Å². The third-order valence-corrected chi connectivity index (χ3v) is 4.17. The molecule has 0 N–H and O–H groups in total. The Labute approximate surface area is 145 Å². The van der Waals surface area contributed by atoms with Gasteiger partial charge in [0.05, 0.1) is 18.6 Å². The number of ether oxygens (including phenoxy) is 1. The number of alkyl halides is 1. The Hall–Kier alpha value is -2.57. The molecule has 1 aliphatic heterocycles. The van der Waals surface area contributed by atoms with Crippen molar-refractivity contribution < 1.29 is 18.7 Å². The van der Waals surface area contributed by atoms with Crippen molar-refractivity contribution in [2.24, 2.45) is 5.92 Å². The fourth-order valence-electron chi connectivity index (χ4n) is 2.78. The number of hydrogen-bond acceptors (Lipinski definition) is 5. The molecule has 2 heterocycles. The van der Waals surface area contributed by atoms with Crippen molar-refractivity contribution >= 4 is 12.3 Å². The topological polar surface area (TPSA) is 74.1 Å². The normalized spacial score (nSPS) is 21.0. The second-order valence-electron chi connectivity index (χ2n) is 6.05. The first-order chi connectivity index (χ1) is 12.1. The molecule has 1 aliphatic carbocycles. The van der Waals surface area contributed by atoms with Gasteiger partial charge in [0.1, 0.15) is 0 Å². The minimum atomic E-state index is -1.15. The van der Waals surface area contributed by atoms with Crippen LogP contribution in [0, 0.1) is 5.92 Å². The average Bonchev–Trinajstić information content (AvgIpc) is 3.33. The molecule has 6 nitrogen and oxygen atoms in total. The predicted molar refractivity (Wildman–Crippen MR) is 87.8 cm³/mol. The summed E-state index contributed by atoms with van der Waals surface area (Å²) in [4.78, 5) is 25.1. The highest BCUT2D eigenvalue weighted by molar-refractivity contribution is 5.74. The largest absolute Gasteiger partial charge is 0.466 e. The number of carbonyl (C=O) groups is 2. The SMILES string of the molecule is CCOC(=O)C1CC1.O=Cc1nc2n(n1)C(c1ccccc1)CC2F. The minimum absolute atomic E-state index is 0.00694. The standard InChI is InChI=1S/C12H10FN3O.C6H10O2/c13-9-6-10(8-4-2-1-3-5-8)16-12(9)14-11(7-17)15-16;1-2-8-6(7)5-3-4-5/h1-5,7,9-10H,6H2;5H,2-4H2,1H3. The van der Waals surface area contributed by atoms with E-state index in [-0.39, 0.29) is 29.6 Å². The Morgan fingerprint density at radius 1 is 1.36 bits per heavy atom. The Balaban J connectivity index is 0.000000192. The van der Waals surface area contributed by atoms with E-state index in [9.17, 15) is 14.0 Å². The van der Waals surface area contributed by atoms with E-state index in [1.807, 2.05) is 37.3 Å². The zero-order chi connectivity index (χ0) is 17.8. The number of benzene rings is 1. The maximum Gasteiger partial charge on any atom is 0.308 e. The van der Waals surface area contributed by atoms with Gasteiger partial charge in [-0.3, -0.25) is 9.59 Å². The van der Waals surface area contributed by atoms with Gasteiger partial charge in [-0.15, -0.1) is 5.10 Å². The molecule has 132 valence electrons. The van der Waals surface area contributed by atoms with Crippen LogP contribution in [0.15, 0.2) is 30.3 Å². The van der Waals surface area contributed by atoms with Crippen LogP contribution >= 0.6 is 0 Å². The van der Waals surface area contributed by atoms with Crippen molar-refractivity contribution in [3.05, 3.63) is 47.5 Å². The predicted octanol–water partition coefficient (Wildman–Crippen LogP) is 3.05. The second kappa shape index (κ2) is 7.55. The first kappa shape index (κ1) is 17.3. The molecule has 1 aromatic heterocycles. The molecule has 4 rings (SSSR count). The molecule has 1 saturated carbocycles. The summed E-state index contributed by atoms with van der Waals surface area (Å²) in [5.41, 5.74) is 0.983. The molecular weight excluding hydrogens is 325 g/mol. The van der Waals surface area contributed by atoms with E-state index in [0.29, 0.717) is 19.3 Å². The van der Waals surface area contributed by atoms with Crippen LogP contribution in [0.2, 0.25) is 0 Å². The van der Waals surface area contributed by atoms with Gasteiger partial charge >= 0.3 is 5.97 Å². The lowest BCUT2D eigenvalue weighted by Gasteiger charge is -2.10. The molecule has 2 atom stereocenters. The number of carbonyl (C=O) groups excluding carboxylic acids is 2. The van der Waals surface area contributed by atoms with Crippen LogP contribution in [-0.2, 0) is 9.53 Å². The molecule has 1 aromatic carbocycles. The summed E-state index contributed by atoms with van der Waals surface area (Å²) in [6.45, 7) is 2.36. The summed E-state index contributed by atoms with van der Waals surface area (Å²) in [6, 6.07) is 9.40. The maximum absolute atomic E-state index is 13.8. The first-order valence-corrected chi connectivity index (χ1v) is 8.41. The monoisotopic (exact) mass is 345 g/mol. The van der Waals surface area contributed by atoms with Crippen molar-refractivity contribution in [3.8, 4) is 0 Å². The summed E-state index contributed by atoms with van der Waals surface area (Å²) < 4.78 is 20.0.